The van der Waals surface area contributed by atoms with Crippen LogP contribution < -0.4 is 10.6 Å². The molecule has 1 rings (SSSR count). The SMILES string of the molecule is C=CCC[C@H](NC(=O)[C@H](NC(=O)OCc1ccccc1)C(C)C)C(=O)O. The second kappa shape index (κ2) is 10.9. The third-order valence-corrected chi connectivity index (χ3v) is 3.71. The zero-order valence-corrected chi connectivity index (χ0v) is 15.1. The van der Waals surface area contributed by atoms with E-state index in [-0.39, 0.29) is 18.9 Å². The van der Waals surface area contributed by atoms with Gasteiger partial charge in [0.05, 0.1) is 0 Å². The molecule has 26 heavy (non-hydrogen) atoms. The highest BCUT2D eigenvalue weighted by Crippen LogP contribution is 2.06. The van der Waals surface area contributed by atoms with Gasteiger partial charge in [0.1, 0.15) is 18.7 Å². The van der Waals surface area contributed by atoms with Gasteiger partial charge in [-0.05, 0) is 24.3 Å². The lowest BCUT2D eigenvalue weighted by Crippen LogP contribution is -2.53. The minimum absolute atomic E-state index is 0.0796. The van der Waals surface area contributed by atoms with Crippen molar-refractivity contribution in [1.29, 1.82) is 0 Å². The number of rotatable bonds is 10. The van der Waals surface area contributed by atoms with Crippen LogP contribution in [0.1, 0.15) is 32.3 Å². The fourth-order valence-corrected chi connectivity index (χ4v) is 2.23. The number of nitrogens with one attached hydrogen (secondary N) is 2. The Kier molecular flexibility index (Phi) is 8.91. The molecule has 7 nitrogen and oxygen atoms in total. The molecule has 0 aromatic heterocycles. The molecular weight excluding hydrogens is 336 g/mol. The second-order valence-corrected chi connectivity index (χ2v) is 6.19. The third kappa shape index (κ3) is 7.38. The van der Waals surface area contributed by atoms with Crippen molar-refractivity contribution in [2.24, 2.45) is 5.92 Å². The Bertz CT molecular complexity index is 616. The van der Waals surface area contributed by atoms with E-state index in [9.17, 15) is 19.5 Å². The molecule has 142 valence electrons. The highest BCUT2D eigenvalue weighted by atomic mass is 16.5. The molecule has 1 aromatic carbocycles. The number of ether oxygens (including phenoxy) is 1. The normalized spacial score (nSPS) is 12.7. The highest BCUT2D eigenvalue weighted by Gasteiger charge is 2.28. The van der Waals surface area contributed by atoms with Crippen LogP contribution in [-0.4, -0.2) is 35.2 Å². The zero-order chi connectivity index (χ0) is 19.5. The van der Waals surface area contributed by atoms with Crippen LogP contribution in [0.2, 0.25) is 0 Å². The summed E-state index contributed by atoms with van der Waals surface area (Å²) in [6, 6.07) is 7.21. The summed E-state index contributed by atoms with van der Waals surface area (Å²) in [5, 5.41) is 14.2. The summed E-state index contributed by atoms with van der Waals surface area (Å²) in [4.78, 5) is 35.6. The molecule has 1 aromatic rings. The molecule has 0 heterocycles. The van der Waals surface area contributed by atoms with Crippen molar-refractivity contribution < 1.29 is 24.2 Å². The van der Waals surface area contributed by atoms with E-state index in [0.717, 1.165) is 5.56 Å². The van der Waals surface area contributed by atoms with Gasteiger partial charge in [0.15, 0.2) is 0 Å². The van der Waals surface area contributed by atoms with E-state index in [1.54, 1.807) is 19.9 Å². The van der Waals surface area contributed by atoms with Gasteiger partial charge in [-0.25, -0.2) is 9.59 Å². The molecule has 0 saturated heterocycles. The van der Waals surface area contributed by atoms with E-state index < -0.39 is 30.1 Å². The van der Waals surface area contributed by atoms with Crippen molar-refractivity contribution in [3.63, 3.8) is 0 Å². The number of carboxylic acids is 1. The van der Waals surface area contributed by atoms with E-state index >= 15 is 0 Å². The highest BCUT2D eigenvalue weighted by molar-refractivity contribution is 5.89. The largest absolute Gasteiger partial charge is 0.480 e. The van der Waals surface area contributed by atoms with Crippen LogP contribution in [0.4, 0.5) is 4.79 Å². The maximum atomic E-state index is 12.4. The van der Waals surface area contributed by atoms with Crippen LogP contribution >= 0.6 is 0 Å². The number of allylic oxidation sites excluding steroid dienone is 1. The van der Waals surface area contributed by atoms with Crippen LogP contribution in [0.3, 0.4) is 0 Å². The van der Waals surface area contributed by atoms with Gasteiger partial charge in [-0.15, -0.1) is 6.58 Å². The van der Waals surface area contributed by atoms with Crippen LogP contribution in [0.15, 0.2) is 43.0 Å². The Labute approximate surface area is 153 Å². The summed E-state index contributed by atoms with van der Waals surface area (Å²) in [6.45, 7) is 7.12. The summed E-state index contributed by atoms with van der Waals surface area (Å²) in [6.07, 6.45) is 1.53. The van der Waals surface area contributed by atoms with Crippen molar-refractivity contribution in [3.05, 3.63) is 48.6 Å². The predicted molar refractivity (Wildman–Crippen MR) is 97.4 cm³/mol. The average molecular weight is 362 g/mol. The van der Waals surface area contributed by atoms with Crippen molar-refractivity contribution >= 4 is 18.0 Å². The molecule has 0 aliphatic rings. The molecule has 0 fully saturated rings. The number of benzene rings is 1. The first kappa shape index (κ1) is 21.2. The molecular formula is C19H26N2O5. The Morgan fingerprint density at radius 3 is 2.38 bits per heavy atom. The molecule has 0 radical (unpaired) electrons. The van der Waals surface area contributed by atoms with Gasteiger partial charge in [-0.2, -0.15) is 0 Å². The standard InChI is InChI=1S/C19H26N2O5/c1-4-5-11-15(18(23)24)20-17(22)16(13(2)3)21-19(25)26-12-14-9-7-6-8-10-14/h4,6-10,13,15-16H,1,5,11-12H2,2-3H3,(H,20,22)(H,21,25)(H,23,24)/t15-,16+/m0/s1. The molecule has 0 bridgehead atoms. The van der Waals surface area contributed by atoms with Gasteiger partial charge >= 0.3 is 12.1 Å². The van der Waals surface area contributed by atoms with E-state index in [1.807, 2.05) is 30.3 Å². The molecule has 7 heteroatoms. The Balaban J connectivity index is 2.62. The lowest BCUT2D eigenvalue weighted by molar-refractivity contribution is -0.142. The van der Waals surface area contributed by atoms with Crippen LogP contribution in [0.5, 0.6) is 0 Å². The lowest BCUT2D eigenvalue weighted by atomic mass is 10.0. The van der Waals surface area contributed by atoms with Gasteiger partial charge in [0.25, 0.3) is 0 Å². The Morgan fingerprint density at radius 2 is 1.85 bits per heavy atom. The number of alkyl carbamates (subject to hydrolysis) is 1. The number of amides is 2. The Morgan fingerprint density at radius 1 is 1.19 bits per heavy atom. The Hall–Kier alpha value is -2.83. The number of carbonyl (C=O) groups excluding carboxylic acids is 2. The number of hydrogen-bond acceptors (Lipinski definition) is 4. The van der Waals surface area contributed by atoms with Crippen molar-refractivity contribution in [2.45, 2.75) is 45.4 Å². The van der Waals surface area contributed by atoms with Crippen LogP contribution in [0.25, 0.3) is 0 Å². The first-order valence-electron chi connectivity index (χ1n) is 8.46. The minimum Gasteiger partial charge on any atom is -0.480 e. The maximum absolute atomic E-state index is 12.4. The zero-order valence-electron chi connectivity index (χ0n) is 15.1. The van der Waals surface area contributed by atoms with Gasteiger partial charge in [-0.1, -0.05) is 50.3 Å². The molecule has 2 atom stereocenters. The predicted octanol–water partition coefficient (Wildman–Crippen LogP) is 2.47. The summed E-state index contributed by atoms with van der Waals surface area (Å²) in [7, 11) is 0. The maximum Gasteiger partial charge on any atom is 0.408 e. The molecule has 0 aliphatic carbocycles. The van der Waals surface area contributed by atoms with E-state index in [2.05, 4.69) is 17.2 Å². The molecule has 0 unspecified atom stereocenters. The van der Waals surface area contributed by atoms with Crippen LogP contribution in [0, 0.1) is 5.92 Å². The van der Waals surface area contributed by atoms with E-state index in [1.165, 1.54) is 0 Å². The molecule has 2 amide bonds. The van der Waals surface area contributed by atoms with Gasteiger partial charge in [0.2, 0.25) is 5.91 Å². The first-order chi connectivity index (χ1) is 12.3. The number of aliphatic carboxylic acids is 1. The van der Waals surface area contributed by atoms with Gasteiger partial charge < -0.3 is 20.5 Å². The van der Waals surface area contributed by atoms with E-state index in [0.29, 0.717) is 6.42 Å². The van der Waals surface area contributed by atoms with Gasteiger partial charge in [0, 0.05) is 0 Å². The monoisotopic (exact) mass is 362 g/mol. The van der Waals surface area contributed by atoms with E-state index in [4.69, 9.17) is 4.74 Å². The minimum atomic E-state index is -1.13. The molecule has 0 aliphatic heterocycles. The number of carbonyl (C=O) groups is 3. The average Bonchev–Trinajstić information content (AvgIpc) is 2.61. The fourth-order valence-electron chi connectivity index (χ4n) is 2.23. The summed E-state index contributed by atoms with van der Waals surface area (Å²) < 4.78 is 5.12. The van der Waals surface area contributed by atoms with Gasteiger partial charge in [-0.3, -0.25) is 4.79 Å². The smallest absolute Gasteiger partial charge is 0.408 e. The second-order valence-electron chi connectivity index (χ2n) is 6.19. The summed E-state index contributed by atoms with van der Waals surface area (Å²) >= 11 is 0. The van der Waals surface area contributed by atoms with Crippen molar-refractivity contribution in [2.75, 3.05) is 0 Å². The molecule has 0 spiro atoms. The quantitative estimate of drug-likeness (QED) is 0.555. The number of carboxylic acid groups (broad SMARTS) is 1. The van der Waals surface area contributed by atoms with Crippen molar-refractivity contribution in [3.8, 4) is 0 Å². The van der Waals surface area contributed by atoms with Crippen LogP contribution in [-0.2, 0) is 20.9 Å². The summed E-state index contributed by atoms with van der Waals surface area (Å²) in [5.74, 6) is -1.93. The first-order valence-corrected chi connectivity index (χ1v) is 8.46. The molecule has 3 N–H and O–H groups in total. The van der Waals surface area contributed by atoms with Crippen molar-refractivity contribution in [1.82, 2.24) is 10.6 Å². The number of hydrogen-bond donors (Lipinski definition) is 3. The topological polar surface area (TPSA) is 105 Å². The molecule has 0 saturated carbocycles. The summed E-state index contributed by atoms with van der Waals surface area (Å²) in [5.41, 5.74) is 0.823. The lowest BCUT2D eigenvalue weighted by Gasteiger charge is -2.23. The third-order valence-electron chi connectivity index (χ3n) is 3.71. The fraction of sp³-hybridized carbons (Fsp3) is 0.421.